The summed E-state index contributed by atoms with van der Waals surface area (Å²) in [7, 11) is 0. The number of fused-ring (bicyclic) bond motifs is 4. The molecule has 53 heavy (non-hydrogen) atoms. The van der Waals surface area contributed by atoms with Crippen molar-refractivity contribution in [3.05, 3.63) is 216 Å². The van der Waals surface area contributed by atoms with Gasteiger partial charge in [-0.25, -0.2) is 0 Å². The molecule has 0 aromatic heterocycles. The average molecular weight is 758 g/mol. The van der Waals surface area contributed by atoms with Gasteiger partial charge in [-0.05, 0) is 110 Å². The average Bonchev–Trinajstić information content (AvgIpc) is 3.38. The fourth-order valence-corrected chi connectivity index (χ4v) is 7.40. The van der Waals surface area contributed by atoms with Gasteiger partial charge in [0.25, 0.3) is 0 Å². The van der Waals surface area contributed by atoms with Gasteiger partial charge in [0, 0.05) is 4.47 Å². The summed E-state index contributed by atoms with van der Waals surface area (Å²) < 4.78 is 151. The summed E-state index contributed by atoms with van der Waals surface area (Å²) in [6.07, 6.45) is 0. The molecule has 10 rings (SSSR count). The minimum Gasteiger partial charge on any atom is -0.0622 e. The molecule has 0 aliphatic carbocycles. The first kappa shape index (κ1) is 18.5. The van der Waals surface area contributed by atoms with Crippen LogP contribution in [0.3, 0.4) is 0 Å². The zero-order valence-electron chi connectivity index (χ0n) is 45.7. The van der Waals surface area contributed by atoms with Crippen LogP contribution in [0.1, 0.15) is 24.7 Å². The molecule has 0 atom stereocenters. The van der Waals surface area contributed by atoms with Crippen molar-refractivity contribution < 1.29 is 24.7 Å². The van der Waals surface area contributed by atoms with E-state index in [2.05, 4.69) is 15.9 Å². The first-order valence-electron chi connectivity index (χ1n) is 25.6. The molecule has 0 radical (unpaired) electrons. The van der Waals surface area contributed by atoms with Gasteiger partial charge in [0.15, 0.2) is 0 Å². The molecule has 0 saturated heterocycles. The van der Waals surface area contributed by atoms with Gasteiger partial charge in [0.1, 0.15) is 0 Å². The lowest BCUT2D eigenvalue weighted by molar-refractivity contribution is 1.61. The predicted molar refractivity (Wildman–Crippen MR) is 232 cm³/mol. The van der Waals surface area contributed by atoms with Crippen molar-refractivity contribution in [3.63, 3.8) is 0 Å². The number of rotatable bonds is 4. The fourth-order valence-electron chi connectivity index (χ4n) is 6.76. The van der Waals surface area contributed by atoms with E-state index in [1.54, 1.807) is 54.6 Å². The van der Waals surface area contributed by atoms with E-state index in [1.165, 1.54) is 0 Å². The Kier molecular flexibility index (Phi) is 5.01. The number of halogens is 1. The van der Waals surface area contributed by atoms with Gasteiger partial charge < -0.3 is 0 Å². The summed E-state index contributed by atoms with van der Waals surface area (Å²) in [4.78, 5) is 0. The Morgan fingerprint density at radius 1 is 0.321 bits per heavy atom. The third-order valence-corrected chi connectivity index (χ3v) is 9.84. The van der Waals surface area contributed by atoms with Crippen molar-refractivity contribution in [1.82, 2.24) is 0 Å². The summed E-state index contributed by atoms with van der Waals surface area (Å²) >= 11 is 3.57. The van der Waals surface area contributed by atoms with Gasteiger partial charge >= 0.3 is 0 Å². The lowest BCUT2D eigenvalue weighted by Crippen LogP contribution is -1.90. The Morgan fingerprint density at radius 2 is 0.755 bits per heavy atom. The monoisotopic (exact) mass is 756 g/mol. The van der Waals surface area contributed by atoms with Gasteiger partial charge in [0.2, 0.25) is 0 Å². The molecule has 1 heteroatoms. The van der Waals surface area contributed by atoms with Crippen LogP contribution in [0, 0.1) is 0 Å². The summed E-state index contributed by atoms with van der Waals surface area (Å²) in [5.74, 6) is 0. The van der Waals surface area contributed by atoms with Gasteiger partial charge in [-0.15, -0.1) is 0 Å². The van der Waals surface area contributed by atoms with Crippen molar-refractivity contribution in [2.24, 2.45) is 0 Å². The topological polar surface area (TPSA) is 0 Å². The van der Waals surface area contributed by atoms with E-state index in [1.807, 2.05) is 48.5 Å². The molecule has 0 nitrogen and oxygen atoms in total. The zero-order valence-corrected chi connectivity index (χ0v) is 29.3. The Hall–Kier alpha value is -6.28. The Labute approximate surface area is 344 Å². The quantitative estimate of drug-likeness (QED) is 0.157. The van der Waals surface area contributed by atoms with E-state index < -0.39 is 36.3 Å². The highest BCUT2D eigenvalue weighted by atomic mass is 79.9. The molecule has 250 valence electrons. The van der Waals surface area contributed by atoms with Crippen LogP contribution in [-0.4, -0.2) is 0 Å². The SMILES string of the molecule is [2H]c1c([2H])c([2H])c(-c2ccccc2-c2c3ccccc3c(Br)c3c([2H])c([2H])c([2H])c([2H])c23)c([2H])c1[2H].[2H]c1c([2H])c([2H])c(-c2ccccc2-c2c3ccccc3cc3c([2H])c([2H])c([2H])c([2H])c23)c([2H])c1[2H]. The normalized spacial score (nSPS) is 15.9. The van der Waals surface area contributed by atoms with Gasteiger partial charge in [0.05, 0.1) is 24.7 Å². The standard InChI is InChI=1S/C26H17Br.C26H18/c27-26-23-16-8-6-14-21(23)25(22-15-7-9-17-24(22)26)20-13-5-4-12-19(20)18-10-2-1-3-11-18;1-2-10-19(11-3-1)22-14-8-9-17-25(22)26-23-15-6-4-12-20(23)18-21-13-5-7-16-24(21)26/h1-17H;1-18H/i1D,2D,3D,6D,8D,10D,11D,14D,16D;1D,2D,3D,4D,6D,10D,11D,12D,15D. The second-order valence-corrected chi connectivity index (χ2v) is 12.8. The molecule has 0 N–H and O–H groups in total. The van der Waals surface area contributed by atoms with Crippen LogP contribution in [0.4, 0.5) is 0 Å². The van der Waals surface area contributed by atoms with Gasteiger partial charge in [-0.2, -0.15) is 0 Å². The first-order valence-corrected chi connectivity index (χ1v) is 17.4. The van der Waals surface area contributed by atoms with Gasteiger partial charge in [-0.1, -0.05) is 206 Å². The fraction of sp³-hybridized carbons (Fsp3) is 0. The van der Waals surface area contributed by atoms with Crippen LogP contribution in [0.25, 0.3) is 87.6 Å². The van der Waals surface area contributed by atoms with Crippen molar-refractivity contribution in [1.29, 1.82) is 0 Å². The third-order valence-electron chi connectivity index (χ3n) is 9.02. The Bertz CT molecular complexity index is 3890. The molecular weight excluding hydrogens is 704 g/mol. The molecule has 0 saturated carbocycles. The van der Waals surface area contributed by atoms with E-state index in [9.17, 15) is 0 Å². The molecule has 0 unspecified atom stereocenters. The summed E-state index contributed by atoms with van der Waals surface area (Å²) in [6.45, 7) is 0. The third kappa shape index (κ3) is 6.10. The molecule has 10 aromatic rings. The highest BCUT2D eigenvalue weighted by molar-refractivity contribution is 9.10. The molecule has 0 spiro atoms. The maximum absolute atomic E-state index is 8.77. The smallest absolute Gasteiger partial charge is 0.0622 e. The highest BCUT2D eigenvalue weighted by Gasteiger charge is 2.17. The van der Waals surface area contributed by atoms with E-state index in [0.29, 0.717) is 59.4 Å². The second-order valence-electron chi connectivity index (χ2n) is 12.0. The second kappa shape index (κ2) is 14.4. The first-order chi connectivity index (χ1) is 33.7. The summed E-state index contributed by atoms with van der Waals surface area (Å²) in [5, 5.41) is 4.16. The Morgan fingerprint density at radius 3 is 1.38 bits per heavy atom. The minimum atomic E-state index is -0.486. The minimum absolute atomic E-state index is 0.0255. The summed E-state index contributed by atoms with van der Waals surface area (Å²) in [5.41, 5.74) is 2.84. The van der Waals surface area contributed by atoms with Gasteiger partial charge in [-0.3, -0.25) is 0 Å². The lowest BCUT2D eigenvalue weighted by atomic mass is 9.88. The van der Waals surface area contributed by atoms with E-state index in [4.69, 9.17) is 24.7 Å². The molecule has 0 aliphatic heterocycles. The van der Waals surface area contributed by atoms with Crippen molar-refractivity contribution in [2.75, 3.05) is 0 Å². The van der Waals surface area contributed by atoms with E-state index in [-0.39, 0.29) is 89.0 Å². The van der Waals surface area contributed by atoms with Crippen LogP contribution in [0.5, 0.6) is 0 Å². The van der Waals surface area contributed by atoms with Crippen molar-refractivity contribution in [2.45, 2.75) is 0 Å². The number of hydrogen-bond donors (Lipinski definition) is 0. The Balaban J connectivity index is 0.000000176. The van der Waals surface area contributed by atoms with Crippen molar-refractivity contribution in [3.8, 4) is 44.5 Å². The van der Waals surface area contributed by atoms with E-state index in [0.717, 1.165) is 16.2 Å². The molecule has 0 heterocycles. The molecule has 0 aliphatic rings. The maximum atomic E-state index is 8.77. The summed E-state index contributed by atoms with van der Waals surface area (Å²) in [6, 6.07) is 23.9. The highest BCUT2D eigenvalue weighted by Crippen LogP contribution is 2.45. The number of hydrogen-bond acceptors (Lipinski definition) is 0. The lowest BCUT2D eigenvalue weighted by Gasteiger charge is -2.17. The number of benzene rings is 10. The predicted octanol–water partition coefficient (Wildman–Crippen LogP) is 15.4. The van der Waals surface area contributed by atoms with Crippen LogP contribution < -0.4 is 0 Å². The molecule has 0 fully saturated rings. The van der Waals surface area contributed by atoms with Crippen LogP contribution in [-0.2, 0) is 0 Å². The zero-order chi connectivity index (χ0) is 51.2. The van der Waals surface area contributed by atoms with Crippen LogP contribution in [0.15, 0.2) is 216 Å². The molecule has 0 bridgehead atoms. The van der Waals surface area contributed by atoms with Crippen LogP contribution >= 0.6 is 15.9 Å². The van der Waals surface area contributed by atoms with Crippen LogP contribution in [0.2, 0.25) is 0 Å². The molecular formula is C52H35Br. The maximum Gasteiger partial charge on any atom is 0.0630 e. The van der Waals surface area contributed by atoms with E-state index >= 15 is 0 Å². The van der Waals surface area contributed by atoms with Crippen molar-refractivity contribution >= 4 is 59.0 Å². The molecule has 0 amide bonds. The largest absolute Gasteiger partial charge is 0.0630 e. The molecule has 10 aromatic carbocycles.